The summed E-state index contributed by atoms with van der Waals surface area (Å²) < 4.78 is 0. The van der Waals surface area contributed by atoms with Crippen molar-refractivity contribution in [2.24, 2.45) is 0 Å². The molecule has 1 amide bonds. The molecule has 1 aromatic carbocycles. The van der Waals surface area contributed by atoms with E-state index in [4.69, 9.17) is 5.73 Å². The Bertz CT molecular complexity index is 533. The number of aromatic nitrogens is 2. The first-order chi connectivity index (χ1) is 8.19. The minimum Gasteiger partial charge on any atom is -0.382 e. The van der Waals surface area contributed by atoms with Crippen molar-refractivity contribution in [1.29, 1.82) is 0 Å². The summed E-state index contributed by atoms with van der Waals surface area (Å²) in [7, 11) is 0. The Hall–Kier alpha value is -2.30. The zero-order valence-electron chi connectivity index (χ0n) is 9.53. The number of carbonyl (C=O) groups is 1. The highest BCUT2D eigenvalue weighted by Crippen LogP contribution is 2.12. The molecule has 17 heavy (non-hydrogen) atoms. The van der Waals surface area contributed by atoms with Crippen LogP contribution in [0.5, 0.6) is 0 Å². The van der Waals surface area contributed by atoms with Crippen LogP contribution in [-0.4, -0.2) is 16.1 Å². The largest absolute Gasteiger partial charge is 0.382 e. The van der Waals surface area contributed by atoms with Crippen molar-refractivity contribution in [3.63, 3.8) is 0 Å². The van der Waals surface area contributed by atoms with E-state index >= 15 is 0 Å². The third-order valence-corrected chi connectivity index (χ3v) is 2.44. The lowest BCUT2D eigenvalue weighted by Gasteiger charge is -2.04. The van der Waals surface area contributed by atoms with E-state index in [1.165, 1.54) is 11.6 Å². The van der Waals surface area contributed by atoms with Gasteiger partial charge in [0.05, 0.1) is 0 Å². The zero-order valence-corrected chi connectivity index (χ0v) is 9.53. The Morgan fingerprint density at radius 2 is 2.29 bits per heavy atom. The molecule has 5 nitrogen and oxygen atoms in total. The molecule has 88 valence electrons. The molecule has 4 N–H and O–H groups in total. The first-order valence-electron chi connectivity index (χ1n) is 5.40. The van der Waals surface area contributed by atoms with Gasteiger partial charge in [-0.05, 0) is 24.1 Å². The molecule has 0 unspecified atom stereocenters. The van der Waals surface area contributed by atoms with E-state index in [1.807, 2.05) is 24.3 Å². The lowest BCUT2D eigenvalue weighted by atomic mass is 10.1. The molecule has 1 aromatic heterocycles. The summed E-state index contributed by atoms with van der Waals surface area (Å²) in [6.07, 6.45) is 0.931. The lowest BCUT2D eigenvalue weighted by molar-refractivity contribution is 0.102. The molecule has 5 heteroatoms. The average Bonchev–Trinajstić information content (AvgIpc) is 2.76. The number of aromatic amines is 1. The number of nitrogens with two attached hydrogens (primary N) is 1. The molecule has 0 aliphatic carbocycles. The second-order valence-corrected chi connectivity index (χ2v) is 3.71. The van der Waals surface area contributed by atoms with E-state index in [0.717, 1.165) is 12.1 Å². The summed E-state index contributed by atoms with van der Waals surface area (Å²) in [6, 6.07) is 9.22. The first-order valence-corrected chi connectivity index (χ1v) is 5.40. The van der Waals surface area contributed by atoms with Gasteiger partial charge in [-0.15, -0.1) is 0 Å². The quantitative estimate of drug-likeness (QED) is 0.751. The van der Waals surface area contributed by atoms with Crippen LogP contribution in [0, 0.1) is 0 Å². The second-order valence-electron chi connectivity index (χ2n) is 3.71. The van der Waals surface area contributed by atoms with Crippen molar-refractivity contribution in [3.05, 3.63) is 41.6 Å². The molecule has 0 spiro atoms. The van der Waals surface area contributed by atoms with Crippen molar-refractivity contribution in [3.8, 4) is 0 Å². The summed E-state index contributed by atoms with van der Waals surface area (Å²) in [6.45, 7) is 2.07. The van der Waals surface area contributed by atoms with Crippen molar-refractivity contribution >= 4 is 17.4 Å². The number of benzene rings is 1. The van der Waals surface area contributed by atoms with Crippen molar-refractivity contribution in [1.82, 2.24) is 10.2 Å². The van der Waals surface area contributed by atoms with Crippen LogP contribution < -0.4 is 11.1 Å². The molecular weight excluding hydrogens is 216 g/mol. The number of nitrogens with one attached hydrogen (secondary N) is 2. The average molecular weight is 230 g/mol. The van der Waals surface area contributed by atoms with Gasteiger partial charge in [-0.25, -0.2) is 0 Å². The highest BCUT2D eigenvalue weighted by atomic mass is 16.1. The molecule has 0 saturated carbocycles. The predicted octanol–water partition coefficient (Wildman–Crippen LogP) is 1.81. The third-order valence-electron chi connectivity index (χ3n) is 2.44. The molecule has 0 atom stereocenters. The number of carbonyl (C=O) groups excluding carboxylic acids is 1. The smallest absolute Gasteiger partial charge is 0.273 e. The van der Waals surface area contributed by atoms with Gasteiger partial charge in [0.25, 0.3) is 5.91 Å². The number of aryl methyl sites for hydroxylation is 1. The monoisotopic (exact) mass is 230 g/mol. The van der Waals surface area contributed by atoms with Gasteiger partial charge >= 0.3 is 0 Å². The number of H-pyrrole nitrogens is 1. The third kappa shape index (κ3) is 2.63. The SMILES string of the molecule is CCc1cccc(NC(=O)c2cc(N)n[nH]2)c1. The number of nitrogen functional groups attached to an aromatic ring is 1. The second kappa shape index (κ2) is 4.69. The van der Waals surface area contributed by atoms with Gasteiger partial charge in [-0.3, -0.25) is 9.89 Å². The standard InChI is InChI=1S/C12H14N4O/c1-2-8-4-3-5-9(6-8)14-12(17)10-7-11(13)16-15-10/h3-7H,2H2,1H3,(H,14,17)(H3,13,15,16). The van der Waals surface area contributed by atoms with Crippen molar-refractivity contribution in [2.45, 2.75) is 13.3 Å². The molecular formula is C12H14N4O. The van der Waals surface area contributed by atoms with E-state index in [0.29, 0.717) is 11.5 Å². The molecule has 0 aliphatic rings. The molecule has 0 radical (unpaired) electrons. The van der Waals surface area contributed by atoms with Gasteiger partial charge in [0.1, 0.15) is 11.5 Å². The number of hydrogen-bond acceptors (Lipinski definition) is 3. The molecule has 0 fully saturated rings. The van der Waals surface area contributed by atoms with Crippen LogP contribution >= 0.6 is 0 Å². The highest BCUT2D eigenvalue weighted by molar-refractivity contribution is 6.03. The van der Waals surface area contributed by atoms with Crippen LogP contribution in [0.15, 0.2) is 30.3 Å². The van der Waals surface area contributed by atoms with Gasteiger partial charge < -0.3 is 11.1 Å². The van der Waals surface area contributed by atoms with Gasteiger partial charge in [0.2, 0.25) is 0 Å². The molecule has 0 aliphatic heterocycles. The molecule has 1 heterocycles. The van der Waals surface area contributed by atoms with Crippen LogP contribution in [0.2, 0.25) is 0 Å². The normalized spacial score (nSPS) is 10.2. The first kappa shape index (κ1) is 11.2. The topological polar surface area (TPSA) is 83.8 Å². The van der Waals surface area contributed by atoms with E-state index < -0.39 is 0 Å². The highest BCUT2D eigenvalue weighted by Gasteiger charge is 2.08. The van der Waals surface area contributed by atoms with E-state index in [1.54, 1.807) is 0 Å². The fraction of sp³-hybridized carbons (Fsp3) is 0.167. The Morgan fingerprint density at radius 3 is 2.94 bits per heavy atom. The Kier molecular flexibility index (Phi) is 3.09. The van der Waals surface area contributed by atoms with Crippen LogP contribution in [0.3, 0.4) is 0 Å². The van der Waals surface area contributed by atoms with Gasteiger partial charge in [0, 0.05) is 11.8 Å². The summed E-state index contributed by atoms with van der Waals surface area (Å²) in [5, 5.41) is 9.05. The maximum atomic E-state index is 11.8. The minimum atomic E-state index is -0.248. The zero-order chi connectivity index (χ0) is 12.3. The van der Waals surface area contributed by atoms with E-state index in [9.17, 15) is 4.79 Å². The number of anilines is 2. The number of rotatable bonds is 3. The number of hydrogen-bond donors (Lipinski definition) is 3. The molecule has 2 rings (SSSR count). The van der Waals surface area contributed by atoms with Gasteiger partial charge in [-0.1, -0.05) is 19.1 Å². The van der Waals surface area contributed by atoms with Crippen LogP contribution in [0.4, 0.5) is 11.5 Å². The summed E-state index contributed by atoms with van der Waals surface area (Å²) >= 11 is 0. The van der Waals surface area contributed by atoms with Crippen LogP contribution in [-0.2, 0) is 6.42 Å². The van der Waals surface area contributed by atoms with E-state index in [2.05, 4.69) is 22.4 Å². The van der Waals surface area contributed by atoms with Gasteiger partial charge in [0.15, 0.2) is 0 Å². The molecule has 2 aromatic rings. The van der Waals surface area contributed by atoms with Crippen molar-refractivity contribution < 1.29 is 4.79 Å². The summed E-state index contributed by atoms with van der Waals surface area (Å²) in [5.41, 5.74) is 7.72. The van der Waals surface area contributed by atoms with Crippen LogP contribution in [0.1, 0.15) is 23.0 Å². The van der Waals surface area contributed by atoms with Crippen LogP contribution in [0.25, 0.3) is 0 Å². The fourth-order valence-electron chi connectivity index (χ4n) is 1.52. The summed E-state index contributed by atoms with van der Waals surface area (Å²) in [5.74, 6) is 0.0555. The summed E-state index contributed by atoms with van der Waals surface area (Å²) in [4.78, 5) is 11.8. The molecule has 0 bridgehead atoms. The van der Waals surface area contributed by atoms with Crippen molar-refractivity contribution in [2.75, 3.05) is 11.1 Å². The Morgan fingerprint density at radius 1 is 1.47 bits per heavy atom. The maximum Gasteiger partial charge on any atom is 0.273 e. The maximum absolute atomic E-state index is 11.8. The Balaban J connectivity index is 2.12. The number of nitrogens with zero attached hydrogens (tertiary/aromatic N) is 1. The fourth-order valence-corrected chi connectivity index (χ4v) is 1.52. The predicted molar refractivity (Wildman–Crippen MR) is 66.8 cm³/mol. The molecule has 0 saturated heterocycles. The number of amides is 1. The van der Waals surface area contributed by atoms with E-state index in [-0.39, 0.29) is 5.91 Å². The Labute approximate surface area is 99.0 Å². The van der Waals surface area contributed by atoms with Gasteiger partial charge in [-0.2, -0.15) is 5.10 Å². The lowest BCUT2D eigenvalue weighted by Crippen LogP contribution is -2.12. The minimum absolute atomic E-state index is 0.248.